The van der Waals surface area contributed by atoms with Gasteiger partial charge in [0, 0.05) is 42.9 Å². The Morgan fingerprint density at radius 3 is 2.74 bits per heavy atom. The predicted molar refractivity (Wildman–Crippen MR) is 98.4 cm³/mol. The van der Waals surface area contributed by atoms with E-state index in [9.17, 15) is 15.0 Å². The topological polar surface area (TPSA) is 95.2 Å². The lowest BCUT2D eigenvalue weighted by Gasteiger charge is -2.26. The van der Waals surface area contributed by atoms with Crippen LogP contribution < -0.4 is 5.32 Å². The molecule has 7 nitrogen and oxygen atoms in total. The highest BCUT2D eigenvalue weighted by Gasteiger charge is 2.37. The van der Waals surface area contributed by atoms with Crippen LogP contribution in [-0.4, -0.2) is 60.4 Å². The molecule has 7 heteroatoms. The fourth-order valence-electron chi connectivity index (χ4n) is 3.82. The molecule has 2 atom stereocenters. The van der Waals surface area contributed by atoms with Crippen LogP contribution in [0.5, 0.6) is 0 Å². The summed E-state index contributed by atoms with van der Waals surface area (Å²) >= 11 is 0. The van der Waals surface area contributed by atoms with Gasteiger partial charge in [-0.1, -0.05) is 24.3 Å². The van der Waals surface area contributed by atoms with Crippen LogP contribution >= 0.6 is 0 Å². The highest BCUT2D eigenvalue weighted by atomic mass is 16.5. The van der Waals surface area contributed by atoms with Crippen LogP contribution in [0.15, 0.2) is 28.7 Å². The molecule has 1 aliphatic heterocycles. The van der Waals surface area contributed by atoms with Crippen LogP contribution in [0.25, 0.3) is 11.3 Å². The van der Waals surface area contributed by atoms with Crippen molar-refractivity contribution >= 4 is 5.91 Å². The molecule has 1 saturated heterocycles. The Morgan fingerprint density at radius 2 is 1.96 bits per heavy atom. The largest absolute Gasteiger partial charge is 0.450 e. The van der Waals surface area contributed by atoms with Crippen molar-refractivity contribution in [3.05, 3.63) is 46.7 Å². The van der Waals surface area contributed by atoms with Crippen molar-refractivity contribution in [3.8, 4) is 11.3 Å². The molecule has 1 aromatic carbocycles. The van der Waals surface area contributed by atoms with Crippen molar-refractivity contribution in [3.63, 3.8) is 0 Å². The van der Waals surface area contributed by atoms with Crippen LogP contribution in [0, 0.1) is 6.92 Å². The maximum Gasteiger partial charge on any atom is 0.287 e. The molecule has 1 amide bonds. The molecule has 144 valence electrons. The van der Waals surface area contributed by atoms with Crippen molar-refractivity contribution in [1.29, 1.82) is 0 Å². The Bertz CT molecular complexity index is 841. The summed E-state index contributed by atoms with van der Waals surface area (Å²) in [6, 6.07) is 7.22. The van der Waals surface area contributed by atoms with E-state index < -0.39 is 12.2 Å². The molecule has 3 N–H and O–H groups in total. The van der Waals surface area contributed by atoms with Gasteiger partial charge in [0.25, 0.3) is 5.91 Å². The summed E-state index contributed by atoms with van der Waals surface area (Å²) < 4.78 is 11.2. The number of amides is 1. The molecule has 2 heterocycles. The van der Waals surface area contributed by atoms with Crippen LogP contribution in [0.4, 0.5) is 0 Å². The van der Waals surface area contributed by atoms with Crippen LogP contribution in [0.3, 0.4) is 0 Å². The lowest BCUT2D eigenvalue weighted by atomic mass is 9.85. The van der Waals surface area contributed by atoms with E-state index in [4.69, 9.17) is 9.15 Å². The Balaban J connectivity index is 1.53. The van der Waals surface area contributed by atoms with E-state index in [2.05, 4.69) is 10.2 Å². The molecule has 0 spiro atoms. The first-order chi connectivity index (χ1) is 13.1. The molecule has 2 aromatic rings. The number of ether oxygens (including phenoxy) is 1. The summed E-state index contributed by atoms with van der Waals surface area (Å²) in [6.07, 6.45) is -2.16. The molecule has 0 bridgehead atoms. The average Bonchev–Trinajstić information content (AvgIpc) is 3.04. The van der Waals surface area contributed by atoms with E-state index in [1.165, 1.54) is 0 Å². The number of aliphatic hydroxyl groups excluding tert-OH is 2. The molecule has 0 radical (unpaired) electrons. The number of fused-ring (bicyclic) bond motifs is 3. The number of morpholine rings is 1. The first-order valence-electron chi connectivity index (χ1n) is 9.25. The normalized spacial score (nSPS) is 22.2. The second-order valence-corrected chi connectivity index (χ2v) is 6.99. The molecule has 0 saturated carbocycles. The van der Waals surface area contributed by atoms with Gasteiger partial charge in [-0.25, -0.2) is 0 Å². The highest BCUT2D eigenvalue weighted by Crippen LogP contribution is 2.47. The van der Waals surface area contributed by atoms with Gasteiger partial charge >= 0.3 is 0 Å². The van der Waals surface area contributed by atoms with E-state index in [0.717, 1.165) is 32.8 Å². The second-order valence-electron chi connectivity index (χ2n) is 6.99. The highest BCUT2D eigenvalue weighted by molar-refractivity contribution is 5.94. The van der Waals surface area contributed by atoms with E-state index in [0.29, 0.717) is 34.6 Å². The zero-order valence-electron chi connectivity index (χ0n) is 15.3. The summed E-state index contributed by atoms with van der Waals surface area (Å²) in [7, 11) is 0. The number of furan rings is 1. The Hall–Kier alpha value is -2.19. The molecule has 4 rings (SSSR count). The zero-order valence-corrected chi connectivity index (χ0v) is 15.3. The number of carbonyl (C=O) groups excluding carboxylic acids is 1. The average molecular weight is 372 g/mol. The summed E-state index contributed by atoms with van der Waals surface area (Å²) in [5.74, 6) is 0.332. The second kappa shape index (κ2) is 7.44. The SMILES string of the molecule is Cc1c(C(=O)NCCN2CCOCC2)oc2c1C(O)C(O)c1ccccc1-2. The van der Waals surface area contributed by atoms with E-state index in [1.807, 2.05) is 12.1 Å². The lowest BCUT2D eigenvalue weighted by Crippen LogP contribution is -2.41. The first-order valence-corrected chi connectivity index (χ1v) is 9.25. The van der Waals surface area contributed by atoms with Crippen LogP contribution in [0.2, 0.25) is 0 Å². The maximum absolute atomic E-state index is 12.6. The Labute approximate surface area is 157 Å². The number of nitrogens with one attached hydrogen (secondary N) is 1. The molecule has 1 aromatic heterocycles. The maximum atomic E-state index is 12.6. The van der Waals surface area contributed by atoms with E-state index in [1.54, 1.807) is 19.1 Å². The van der Waals surface area contributed by atoms with Gasteiger partial charge in [-0.05, 0) is 12.5 Å². The van der Waals surface area contributed by atoms with E-state index in [-0.39, 0.29) is 11.7 Å². The zero-order chi connectivity index (χ0) is 19.0. The number of carbonyl (C=O) groups is 1. The van der Waals surface area contributed by atoms with Crippen molar-refractivity contribution < 1.29 is 24.2 Å². The molecule has 2 unspecified atom stereocenters. The fourth-order valence-corrected chi connectivity index (χ4v) is 3.82. The smallest absolute Gasteiger partial charge is 0.287 e. The summed E-state index contributed by atoms with van der Waals surface area (Å²) in [4.78, 5) is 14.9. The lowest BCUT2D eigenvalue weighted by molar-refractivity contribution is 0.0149. The molecular weight excluding hydrogens is 348 g/mol. The van der Waals surface area contributed by atoms with Gasteiger partial charge in [-0.3, -0.25) is 9.69 Å². The first kappa shape index (κ1) is 18.2. The number of rotatable bonds is 4. The number of hydrogen-bond acceptors (Lipinski definition) is 6. The number of aliphatic hydroxyl groups is 2. The van der Waals surface area contributed by atoms with Crippen LogP contribution in [0.1, 0.15) is 39.5 Å². The number of benzene rings is 1. The van der Waals surface area contributed by atoms with Gasteiger partial charge < -0.3 is 24.7 Å². The van der Waals surface area contributed by atoms with Gasteiger partial charge in [0.1, 0.15) is 18.0 Å². The number of nitrogens with zero attached hydrogens (tertiary/aromatic N) is 1. The molecular formula is C20H24N2O5. The minimum atomic E-state index is -1.12. The van der Waals surface area contributed by atoms with Crippen molar-refractivity contribution in [2.24, 2.45) is 0 Å². The third kappa shape index (κ3) is 3.27. The third-order valence-electron chi connectivity index (χ3n) is 5.34. The van der Waals surface area contributed by atoms with Gasteiger partial charge in [0.05, 0.1) is 13.2 Å². The standard InChI is InChI=1S/C20H24N2O5/c1-12-15-17(24)16(23)13-4-2-3-5-14(13)19(15)27-18(12)20(25)21-6-7-22-8-10-26-11-9-22/h2-5,16-17,23-24H,6-11H2,1H3,(H,21,25). The Kier molecular flexibility index (Phi) is 5.01. The minimum Gasteiger partial charge on any atom is -0.450 e. The Morgan fingerprint density at radius 1 is 1.22 bits per heavy atom. The van der Waals surface area contributed by atoms with E-state index >= 15 is 0 Å². The van der Waals surface area contributed by atoms with Gasteiger partial charge in [-0.15, -0.1) is 0 Å². The van der Waals surface area contributed by atoms with Gasteiger partial charge in [-0.2, -0.15) is 0 Å². The van der Waals surface area contributed by atoms with Gasteiger partial charge in [0.15, 0.2) is 5.76 Å². The summed E-state index contributed by atoms with van der Waals surface area (Å²) in [5.41, 5.74) is 2.36. The fraction of sp³-hybridized carbons (Fsp3) is 0.450. The molecule has 27 heavy (non-hydrogen) atoms. The number of hydrogen-bond donors (Lipinski definition) is 3. The van der Waals surface area contributed by atoms with Crippen molar-refractivity contribution in [1.82, 2.24) is 10.2 Å². The third-order valence-corrected chi connectivity index (χ3v) is 5.34. The molecule has 1 aliphatic carbocycles. The summed E-state index contributed by atoms with van der Waals surface area (Å²) in [5, 5.41) is 23.9. The van der Waals surface area contributed by atoms with Crippen LogP contribution in [-0.2, 0) is 4.74 Å². The van der Waals surface area contributed by atoms with Crippen molar-refractivity contribution in [2.75, 3.05) is 39.4 Å². The van der Waals surface area contributed by atoms with Crippen molar-refractivity contribution in [2.45, 2.75) is 19.1 Å². The summed E-state index contributed by atoms with van der Waals surface area (Å²) in [6.45, 7) is 6.16. The molecule has 1 fully saturated rings. The van der Waals surface area contributed by atoms with Gasteiger partial charge in [0.2, 0.25) is 0 Å². The minimum absolute atomic E-state index is 0.185. The quantitative estimate of drug-likeness (QED) is 0.751. The molecule has 2 aliphatic rings. The monoisotopic (exact) mass is 372 g/mol. The predicted octanol–water partition coefficient (Wildman–Crippen LogP) is 1.40.